The van der Waals surface area contributed by atoms with Gasteiger partial charge in [-0.15, -0.1) is 0 Å². The molecule has 0 aromatic heterocycles. The van der Waals surface area contributed by atoms with Crippen molar-refractivity contribution in [3.63, 3.8) is 0 Å². The molecule has 2 nitrogen and oxygen atoms in total. The van der Waals surface area contributed by atoms with E-state index in [9.17, 15) is 0 Å². The molecule has 0 radical (unpaired) electrons. The molecule has 1 aliphatic heterocycles. The van der Waals surface area contributed by atoms with Crippen LogP contribution in [0.25, 0.3) is 0 Å². The van der Waals surface area contributed by atoms with Crippen molar-refractivity contribution in [2.45, 2.75) is 90.8 Å². The predicted molar refractivity (Wildman–Crippen MR) is 81.1 cm³/mol. The zero-order chi connectivity index (χ0) is 13.6. The van der Waals surface area contributed by atoms with E-state index in [1.54, 1.807) is 0 Å². The van der Waals surface area contributed by atoms with Crippen LogP contribution in [0.3, 0.4) is 0 Å². The Hall–Kier alpha value is -0.0800. The van der Waals surface area contributed by atoms with E-state index in [0.717, 1.165) is 12.6 Å². The third-order valence-corrected chi connectivity index (χ3v) is 4.68. The van der Waals surface area contributed by atoms with Gasteiger partial charge in [0.25, 0.3) is 0 Å². The van der Waals surface area contributed by atoms with Crippen LogP contribution in [0.5, 0.6) is 0 Å². The number of rotatable bonds is 7. The predicted octanol–water partition coefficient (Wildman–Crippen LogP) is 3.81. The molecule has 1 heterocycles. The van der Waals surface area contributed by atoms with E-state index < -0.39 is 0 Å². The van der Waals surface area contributed by atoms with Crippen molar-refractivity contribution in [2.75, 3.05) is 13.1 Å². The lowest BCUT2D eigenvalue weighted by molar-refractivity contribution is 0.0453. The summed E-state index contributed by atoms with van der Waals surface area (Å²) in [5, 5.41) is 3.74. The second kappa shape index (κ2) is 7.49. The van der Waals surface area contributed by atoms with Crippen LogP contribution in [0.1, 0.15) is 73.1 Å². The van der Waals surface area contributed by atoms with Crippen molar-refractivity contribution in [1.29, 1.82) is 0 Å². The maximum absolute atomic E-state index is 3.74. The fraction of sp³-hybridized carbons (Fsp3) is 1.00. The van der Waals surface area contributed by atoms with E-state index >= 15 is 0 Å². The van der Waals surface area contributed by atoms with Crippen LogP contribution in [0.15, 0.2) is 0 Å². The summed E-state index contributed by atoms with van der Waals surface area (Å²) in [5.74, 6) is 0. The monoisotopic (exact) mass is 254 g/mol. The second-order valence-corrected chi connectivity index (χ2v) is 6.40. The van der Waals surface area contributed by atoms with Crippen LogP contribution in [0, 0.1) is 0 Å². The van der Waals surface area contributed by atoms with Crippen molar-refractivity contribution in [3.8, 4) is 0 Å². The minimum atomic E-state index is 0.324. The van der Waals surface area contributed by atoms with Gasteiger partial charge in [-0.2, -0.15) is 0 Å². The molecule has 1 fully saturated rings. The SMILES string of the molecule is CCCCC(CCC)N1CC(C)(CC)NCC1C. The van der Waals surface area contributed by atoms with Gasteiger partial charge in [0.1, 0.15) is 0 Å². The minimum absolute atomic E-state index is 0.324. The molecule has 0 aromatic rings. The Morgan fingerprint density at radius 2 is 1.94 bits per heavy atom. The molecule has 0 spiro atoms. The van der Waals surface area contributed by atoms with Gasteiger partial charge in [0.15, 0.2) is 0 Å². The van der Waals surface area contributed by atoms with Crippen LogP contribution < -0.4 is 5.32 Å². The lowest BCUT2D eigenvalue weighted by atomic mass is 9.90. The van der Waals surface area contributed by atoms with Crippen molar-refractivity contribution < 1.29 is 0 Å². The quantitative estimate of drug-likeness (QED) is 0.743. The van der Waals surface area contributed by atoms with E-state index in [4.69, 9.17) is 0 Å². The minimum Gasteiger partial charge on any atom is -0.309 e. The Kier molecular flexibility index (Phi) is 6.65. The Balaban J connectivity index is 2.67. The Morgan fingerprint density at radius 1 is 1.22 bits per heavy atom. The third-order valence-electron chi connectivity index (χ3n) is 4.68. The highest BCUT2D eigenvalue weighted by Crippen LogP contribution is 2.25. The molecule has 1 N–H and O–H groups in total. The zero-order valence-corrected chi connectivity index (χ0v) is 13.3. The first-order valence-corrected chi connectivity index (χ1v) is 8.07. The number of unbranched alkanes of at least 4 members (excludes halogenated alkanes) is 1. The normalized spacial score (nSPS) is 31.5. The molecular formula is C16H34N2. The molecule has 18 heavy (non-hydrogen) atoms. The third kappa shape index (κ3) is 4.24. The summed E-state index contributed by atoms with van der Waals surface area (Å²) in [7, 11) is 0. The summed E-state index contributed by atoms with van der Waals surface area (Å²) in [6.45, 7) is 14.1. The first-order chi connectivity index (χ1) is 8.56. The van der Waals surface area contributed by atoms with Crippen LogP contribution in [0.2, 0.25) is 0 Å². The van der Waals surface area contributed by atoms with Gasteiger partial charge in [-0.1, -0.05) is 40.0 Å². The molecule has 0 aliphatic carbocycles. The molecule has 108 valence electrons. The maximum Gasteiger partial charge on any atom is 0.0278 e. The van der Waals surface area contributed by atoms with E-state index in [-0.39, 0.29) is 0 Å². The fourth-order valence-corrected chi connectivity index (χ4v) is 3.10. The highest BCUT2D eigenvalue weighted by molar-refractivity contribution is 4.95. The second-order valence-electron chi connectivity index (χ2n) is 6.40. The highest BCUT2D eigenvalue weighted by Gasteiger charge is 2.35. The van der Waals surface area contributed by atoms with Gasteiger partial charge in [-0.05, 0) is 33.1 Å². The zero-order valence-electron chi connectivity index (χ0n) is 13.3. The van der Waals surface area contributed by atoms with Crippen LogP contribution in [-0.4, -0.2) is 35.6 Å². The maximum atomic E-state index is 3.74. The molecule has 0 bridgehead atoms. The van der Waals surface area contributed by atoms with Gasteiger partial charge in [0.05, 0.1) is 0 Å². The van der Waals surface area contributed by atoms with E-state index in [1.165, 1.54) is 45.1 Å². The molecule has 3 unspecified atom stereocenters. The summed E-state index contributed by atoms with van der Waals surface area (Å²) in [4.78, 5) is 2.79. The van der Waals surface area contributed by atoms with E-state index in [0.29, 0.717) is 11.6 Å². The number of hydrogen-bond acceptors (Lipinski definition) is 2. The van der Waals surface area contributed by atoms with Crippen LogP contribution in [-0.2, 0) is 0 Å². The topological polar surface area (TPSA) is 15.3 Å². The molecule has 3 atom stereocenters. The van der Waals surface area contributed by atoms with Crippen LogP contribution >= 0.6 is 0 Å². The van der Waals surface area contributed by atoms with Gasteiger partial charge >= 0.3 is 0 Å². The summed E-state index contributed by atoms with van der Waals surface area (Å²) in [6.07, 6.45) is 7.99. The molecular weight excluding hydrogens is 220 g/mol. The average Bonchev–Trinajstić information content (AvgIpc) is 2.38. The molecule has 0 amide bonds. The summed E-state index contributed by atoms with van der Waals surface area (Å²) >= 11 is 0. The van der Waals surface area contributed by atoms with Crippen molar-refractivity contribution in [2.24, 2.45) is 0 Å². The average molecular weight is 254 g/mol. The highest BCUT2D eigenvalue weighted by atomic mass is 15.3. The Bertz CT molecular complexity index is 229. The molecule has 1 rings (SSSR count). The Labute approximate surface area is 115 Å². The Morgan fingerprint density at radius 3 is 2.50 bits per heavy atom. The number of hydrogen-bond donors (Lipinski definition) is 1. The number of piperazine rings is 1. The fourth-order valence-electron chi connectivity index (χ4n) is 3.10. The molecule has 0 saturated carbocycles. The summed E-state index contributed by atoms with van der Waals surface area (Å²) < 4.78 is 0. The summed E-state index contributed by atoms with van der Waals surface area (Å²) in [6, 6.07) is 1.50. The molecule has 1 aliphatic rings. The number of nitrogens with one attached hydrogen (secondary N) is 1. The largest absolute Gasteiger partial charge is 0.309 e. The van der Waals surface area contributed by atoms with Gasteiger partial charge in [-0.25, -0.2) is 0 Å². The lowest BCUT2D eigenvalue weighted by Gasteiger charge is -2.48. The van der Waals surface area contributed by atoms with E-state index in [1.807, 2.05) is 0 Å². The standard InChI is InChI=1S/C16H34N2/c1-6-9-11-15(10-7-2)18-13-16(5,8-3)17-12-14(18)4/h14-15,17H,6-13H2,1-5H3. The van der Waals surface area contributed by atoms with Crippen LogP contribution in [0.4, 0.5) is 0 Å². The first kappa shape index (κ1) is 16.0. The van der Waals surface area contributed by atoms with Crippen molar-refractivity contribution in [3.05, 3.63) is 0 Å². The van der Waals surface area contributed by atoms with Gasteiger partial charge in [0.2, 0.25) is 0 Å². The van der Waals surface area contributed by atoms with Gasteiger partial charge in [-0.3, -0.25) is 4.90 Å². The lowest BCUT2D eigenvalue weighted by Crippen LogP contribution is -2.64. The number of nitrogens with zero attached hydrogens (tertiary/aromatic N) is 1. The van der Waals surface area contributed by atoms with Crippen molar-refractivity contribution >= 4 is 0 Å². The first-order valence-electron chi connectivity index (χ1n) is 8.07. The van der Waals surface area contributed by atoms with Gasteiger partial charge < -0.3 is 5.32 Å². The van der Waals surface area contributed by atoms with Crippen molar-refractivity contribution in [1.82, 2.24) is 10.2 Å². The smallest absolute Gasteiger partial charge is 0.0278 e. The molecule has 1 saturated heterocycles. The molecule has 2 heteroatoms. The summed E-state index contributed by atoms with van der Waals surface area (Å²) in [5.41, 5.74) is 0.324. The molecule has 0 aromatic carbocycles. The van der Waals surface area contributed by atoms with E-state index in [2.05, 4.69) is 44.8 Å². The van der Waals surface area contributed by atoms with Gasteiger partial charge in [0, 0.05) is 30.7 Å².